The van der Waals surface area contributed by atoms with Gasteiger partial charge >= 0.3 is 5.97 Å². The van der Waals surface area contributed by atoms with Crippen LogP contribution in [0.2, 0.25) is 0 Å². The molecule has 1 heterocycles. The molecular formula is C13H15N3O3. The summed E-state index contributed by atoms with van der Waals surface area (Å²) in [5, 5.41) is 13.2. The SMILES string of the molecule is Cc1cccc(OCc2nn(C)c(N)c2C(=O)O)c1. The van der Waals surface area contributed by atoms with Crippen LogP contribution in [0.5, 0.6) is 5.75 Å². The van der Waals surface area contributed by atoms with Gasteiger partial charge in [-0.1, -0.05) is 12.1 Å². The lowest BCUT2D eigenvalue weighted by molar-refractivity contribution is 0.0695. The van der Waals surface area contributed by atoms with Gasteiger partial charge in [0.05, 0.1) is 0 Å². The maximum atomic E-state index is 11.1. The minimum atomic E-state index is -1.10. The third-order valence-electron chi connectivity index (χ3n) is 2.74. The molecule has 0 radical (unpaired) electrons. The van der Waals surface area contributed by atoms with Gasteiger partial charge in [-0.15, -0.1) is 0 Å². The summed E-state index contributed by atoms with van der Waals surface area (Å²) in [6, 6.07) is 7.50. The standard InChI is InChI=1S/C13H15N3O3/c1-8-4-3-5-9(6-8)19-7-10-11(13(17)18)12(14)16(2)15-10/h3-6H,7,14H2,1-2H3,(H,17,18). The van der Waals surface area contributed by atoms with Crippen LogP contribution in [-0.2, 0) is 13.7 Å². The Labute approximate surface area is 110 Å². The molecule has 100 valence electrons. The number of ether oxygens (including phenoxy) is 1. The number of anilines is 1. The molecule has 0 aliphatic carbocycles. The van der Waals surface area contributed by atoms with Gasteiger partial charge in [0, 0.05) is 7.05 Å². The minimum Gasteiger partial charge on any atom is -0.487 e. The molecule has 0 bridgehead atoms. The maximum Gasteiger partial charge on any atom is 0.341 e. The average Bonchev–Trinajstić information content (AvgIpc) is 2.63. The first-order valence-electron chi connectivity index (χ1n) is 5.73. The molecule has 0 spiro atoms. The van der Waals surface area contributed by atoms with Crippen molar-refractivity contribution >= 4 is 11.8 Å². The Morgan fingerprint density at radius 1 is 1.53 bits per heavy atom. The van der Waals surface area contributed by atoms with Crippen molar-refractivity contribution in [3.8, 4) is 5.75 Å². The van der Waals surface area contributed by atoms with Gasteiger partial charge in [0.15, 0.2) is 0 Å². The lowest BCUT2D eigenvalue weighted by Gasteiger charge is -2.05. The van der Waals surface area contributed by atoms with Gasteiger partial charge in [-0.05, 0) is 24.6 Å². The summed E-state index contributed by atoms with van der Waals surface area (Å²) >= 11 is 0. The molecule has 1 aromatic heterocycles. The Hall–Kier alpha value is -2.50. The highest BCUT2D eigenvalue weighted by Gasteiger charge is 2.20. The molecule has 3 N–H and O–H groups in total. The van der Waals surface area contributed by atoms with E-state index in [1.165, 1.54) is 4.68 Å². The fourth-order valence-electron chi connectivity index (χ4n) is 1.79. The normalized spacial score (nSPS) is 10.4. The second-order valence-electron chi connectivity index (χ2n) is 4.24. The van der Waals surface area contributed by atoms with Crippen molar-refractivity contribution in [2.45, 2.75) is 13.5 Å². The molecule has 2 aromatic rings. The number of carbonyl (C=O) groups is 1. The van der Waals surface area contributed by atoms with Crippen LogP contribution in [0.4, 0.5) is 5.82 Å². The number of nitrogens with zero attached hydrogens (tertiary/aromatic N) is 2. The number of hydrogen-bond acceptors (Lipinski definition) is 4. The Morgan fingerprint density at radius 2 is 2.26 bits per heavy atom. The second kappa shape index (κ2) is 5.01. The van der Waals surface area contributed by atoms with Crippen LogP contribution in [0.15, 0.2) is 24.3 Å². The molecule has 0 saturated heterocycles. The molecule has 2 rings (SSSR count). The zero-order chi connectivity index (χ0) is 14.0. The van der Waals surface area contributed by atoms with Crippen molar-refractivity contribution in [2.75, 3.05) is 5.73 Å². The van der Waals surface area contributed by atoms with Gasteiger partial charge < -0.3 is 15.6 Å². The molecule has 0 unspecified atom stereocenters. The van der Waals surface area contributed by atoms with Crippen LogP contribution >= 0.6 is 0 Å². The number of aryl methyl sites for hydroxylation is 2. The molecule has 6 nitrogen and oxygen atoms in total. The third-order valence-corrected chi connectivity index (χ3v) is 2.74. The molecule has 6 heteroatoms. The Balaban J connectivity index is 2.20. The topological polar surface area (TPSA) is 90.4 Å². The fourth-order valence-corrected chi connectivity index (χ4v) is 1.79. The van der Waals surface area contributed by atoms with E-state index < -0.39 is 5.97 Å². The summed E-state index contributed by atoms with van der Waals surface area (Å²) in [5.41, 5.74) is 7.04. The predicted octanol–water partition coefficient (Wildman–Crippen LogP) is 1.59. The first-order valence-corrected chi connectivity index (χ1v) is 5.73. The summed E-state index contributed by atoms with van der Waals surface area (Å²) in [6.45, 7) is 2.02. The fraction of sp³-hybridized carbons (Fsp3) is 0.231. The number of aromatic nitrogens is 2. The number of hydrogen-bond donors (Lipinski definition) is 2. The number of nitrogens with two attached hydrogens (primary N) is 1. The van der Waals surface area contributed by atoms with E-state index >= 15 is 0 Å². The molecule has 0 aliphatic rings. The summed E-state index contributed by atoms with van der Waals surface area (Å²) in [7, 11) is 1.60. The smallest absolute Gasteiger partial charge is 0.341 e. The van der Waals surface area contributed by atoms with Crippen LogP contribution in [-0.4, -0.2) is 20.9 Å². The predicted molar refractivity (Wildman–Crippen MR) is 70.1 cm³/mol. The van der Waals surface area contributed by atoms with Crippen LogP contribution in [0, 0.1) is 6.92 Å². The largest absolute Gasteiger partial charge is 0.487 e. The first kappa shape index (κ1) is 12.9. The van der Waals surface area contributed by atoms with Crippen LogP contribution in [0.3, 0.4) is 0 Å². The Morgan fingerprint density at radius 3 is 2.89 bits per heavy atom. The zero-order valence-corrected chi connectivity index (χ0v) is 10.8. The van der Waals surface area contributed by atoms with E-state index in [4.69, 9.17) is 15.6 Å². The van der Waals surface area contributed by atoms with Gasteiger partial charge in [-0.3, -0.25) is 4.68 Å². The van der Waals surface area contributed by atoms with Crippen LogP contribution in [0.1, 0.15) is 21.6 Å². The molecule has 1 aromatic carbocycles. The average molecular weight is 261 g/mol. The quantitative estimate of drug-likeness (QED) is 0.872. The van der Waals surface area contributed by atoms with E-state index in [2.05, 4.69) is 5.10 Å². The third kappa shape index (κ3) is 2.67. The second-order valence-corrected chi connectivity index (χ2v) is 4.24. The molecule has 0 saturated carbocycles. The van der Waals surface area contributed by atoms with Crippen molar-refractivity contribution < 1.29 is 14.6 Å². The number of nitrogen functional groups attached to an aromatic ring is 1. The van der Waals surface area contributed by atoms with Gasteiger partial charge in [0.25, 0.3) is 0 Å². The van der Waals surface area contributed by atoms with Gasteiger partial charge in [-0.25, -0.2) is 4.79 Å². The number of carboxylic acid groups (broad SMARTS) is 1. The minimum absolute atomic E-state index is 0.00449. The van der Waals surface area contributed by atoms with E-state index in [9.17, 15) is 4.79 Å². The number of carboxylic acids is 1. The first-order chi connectivity index (χ1) is 8.99. The molecule has 0 atom stereocenters. The van der Waals surface area contributed by atoms with Gasteiger partial charge in [-0.2, -0.15) is 5.10 Å². The summed E-state index contributed by atoms with van der Waals surface area (Å²) in [4.78, 5) is 11.1. The van der Waals surface area contributed by atoms with Gasteiger partial charge in [0.2, 0.25) is 0 Å². The molecule has 0 aliphatic heterocycles. The monoisotopic (exact) mass is 261 g/mol. The highest BCUT2D eigenvalue weighted by Crippen LogP contribution is 2.19. The van der Waals surface area contributed by atoms with Crippen molar-refractivity contribution in [2.24, 2.45) is 7.05 Å². The molecular weight excluding hydrogens is 246 g/mol. The number of rotatable bonds is 4. The van der Waals surface area contributed by atoms with Crippen LogP contribution in [0.25, 0.3) is 0 Å². The summed E-state index contributed by atoms with van der Waals surface area (Å²) < 4.78 is 6.87. The Kier molecular flexibility index (Phi) is 3.41. The molecule has 0 fully saturated rings. The van der Waals surface area contributed by atoms with Crippen molar-refractivity contribution in [3.63, 3.8) is 0 Å². The zero-order valence-electron chi connectivity index (χ0n) is 10.8. The lowest BCUT2D eigenvalue weighted by atomic mass is 10.2. The molecule has 19 heavy (non-hydrogen) atoms. The van der Waals surface area contributed by atoms with Crippen molar-refractivity contribution in [1.29, 1.82) is 0 Å². The van der Waals surface area contributed by atoms with Gasteiger partial charge in [0.1, 0.15) is 29.4 Å². The summed E-state index contributed by atoms with van der Waals surface area (Å²) in [6.07, 6.45) is 0. The van der Waals surface area contributed by atoms with Crippen molar-refractivity contribution in [3.05, 3.63) is 41.1 Å². The van der Waals surface area contributed by atoms with E-state index in [-0.39, 0.29) is 18.0 Å². The highest BCUT2D eigenvalue weighted by atomic mass is 16.5. The maximum absolute atomic E-state index is 11.1. The number of benzene rings is 1. The Bertz CT molecular complexity index is 620. The highest BCUT2D eigenvalue weighted by molar-refractivity contribution is 5.94. The van der Waals surface area contributed by atoms with E-state index in [1.54, 1.807) is 13.1 Å². The number of aromatic carboxylic acids is 1. The van der Waals surface area contributed by atoms with E-state index in [1.807, 2.05) is 25.1 Å². The molecule has 0 amide bonds. The van der Waals surface area contributed by atoms with Crippen molar-refractivity contribution in [1.82, 2.24) is 9.78 Å². The lowest BCUT2D eigenvalue weighted by Crippen LogP contribution is -2.06. The van der Waals surface area contributed by atoms with E-state index in [0.717, 1.165) is 5.56 Å². The summed E-state index contributed by atoms with van der Waals surface area (Å²) in [5.74, 6) is -0.315. The van der Waals surface area contributed by atoms with Crippen LogP contribution < -0.4 is 10.5 Å². The van der Waals surface area contributed by atoms with E-state index in [0.29, 0.717) is 11.4 Å².